The van der Waals surface area contributed by atoms with Gasteiger partial charge in [0.15, 0.2) is 0 Å². The molecule has 1 N–H and O–H groups in total. The summed E-state index contributed by atoms with van der Waals surface area (Å²) in [6.07, 6.45) is 0. The van der Waals surface area contributed by atoms with E-state index in [1.54, 1.807) is 7.11 Å². The summed E-state index contributed by atoms with van der Waals surface area (Å²) in [6, 6.07) is 14.8. The average Bonchev–Trinajstić information content (AvgIpc) is 2.40. The summed E-state index contributed by atoms with van der Waals surface area (Å²) >= 11 is 3.52. The van der Waals surface area contributed by atoms with Crippen LogP contribution in [0.1, 0.15) is 22.7 Å². The molecule has 0 radical (unpaired) electrons. The van der Waals surface area contributed by atoms with Crippen LogP contribution in [-0.2, 0) is 0 Å². The molecule has 0 amide bonds. The Labute approximate surface area is 122 Å². The Kier molecular flexibility index (Phi) is 4.61. The molecule has 0 fully saturated rings. The molecule has 0 heterocycles. The Morgan fingerprint density at radius 3 is 2.42 bits per heavy atom. The van der Waals surface area contributed by atoms with Crippen LogP contribution in [0.15, 0.2) is 46.9 Å². The van der Waals surface area contributed by atoms with Crippen LogP contribution in [-0.4, -0.2) is 14.2 Å². The van der Waals surface area contributed by atoms with Crippen molar-refractivity contribution in [2.24, 2.45) is 0 Å². The van der Waals surface area contributed by atoms with Crippen molar-refractivity contribution in [1.82, 2.24) is 5.32 Å². The molecule has 0 bridgehead atoms. The summed E-state index contributed by atoms with van der Waals surface area (Å²) in [5.74, 6) is 0.924. The summed E-state index contributed by atoms with van der Waals surface area (Å²) in [5, 5.41) is 3.36. The zero-order valence-electron chi connectivity index (χ0n) is 11.4. The van der Waals surface area contributed by atoms with Crippen LogP contribution >= 0.6 is 15.9 Å². The van der Waals surface area contributed by atoms with Gasteiger partial charge in [0.05, 0.1) is 13.2 Å². The van der Waals surface area contributed by atoms with Crippen LogP contribution in [0.2, 0.25) is 0 Å². The van der Waals surface area contributed by atoms with Gasteiger partial charge in [0.25, 0.3) is 0 Å². The number of benzene rings is 2. The molecule has 0 aromatic heterocycles. The molecule has 0 aliphatic heterocycles. The van der Waals surface area contributed by atoms with Crippen LogP contribution in [0.4, 0.5) is 0 Å². The molecule has 19 heavy (non-hydrogen) atoms. The number of nitrogens with one attached hydrogen (secondary N) is 1. The van der Waals surface area contributed by atoms with E-state index in [0.717, 1.165) is 15.8 Å². The van der Waals surface area contributed by atoms with Crippen molar-refractivity contribution in [3.05, 3.63) is 63.6 Å². The van der Waals surface area contributed by atoms with Gasteiger partial charge in [0.2, 0.25) is 0 Å². The molecule has 0 saturated heterocycles. The fourth-order valence-electron chi connectivity index (χ4n) is 2.29. The van der Waals surface area contributed by atoms with Crippen LogP contribution in [0.25, 0.3) is 0 Å². The normalized spacial score (nSPS) is 12.2. The van der Waals surface area contributed by atoms with E-state index in [9.17, 15) is 0 Å². The zero-order valence-corrected chi connectivity index (χ0v) is 13.0. The first-order valence-electron chi connectivity index (χ1n) is 6.23. The van der Waals surface area contributed by atoms with E-state index in [4.69, 9.17) is 4.74 Å². The van der Waals surface area contributed by atoms with Gasteiger partial charge in [0, 0.05) is 4.47 Å². The molecule has 2 aromatic rings. The highest BCUT2D eigenvalue weighted by Gasteiger charge is 2.13. The number of aryl methyl sites for hydroxylation is 1. The fraction of sp³-hybridized carbons (Fsp3) is 0.250. The van der Waals surface area contributed by atoms with Crippen molar-refractivity contribution in [2.45, 2.75) is 13.0 Å². The number of halogens is 1. The highest BCUT2D eigenvalue weighted by atomic mass is 79.9. The second-order valence-corrected chi connectivity index (χ2v) is 5.42. The Bertz CT molecular complexity index is 568. The molecule has 2 nitrogen and oxygen atoms in total. The minimum absolute atomic E-state index is 0.183. The summed E-state index contributed by atoms with van der Waals surface area (Å²) in [7, 11) is 3.68. The van der Waals surface area contributed by atoms with Gasteiger partial charge in [-0.05, 0) is 48.9 Å². The lowest BCUT2D eigenvalue weighted by molar-refractivity contribution is 0.411. The maximum atomic E-state index is 5.31. The average molecular weight is 320 g/mol. The monoisotopic (exact) mass is 319 g/mol. The van der Waals surface area contributed by atoms with E-state index in [2.05, 4.69) is 58.5 Å². The molecular weight excluding hydrogens is 302 g/mol. The molecule has 1 unspecified atom stereocenters. The third-order valence-corrected chi connectivity index (χ3v) is 3.72. The highest BCUT2D eigenvalue weighted by molar-refractivity contribution is 9.10. The quantitative estimate of drug-likeness (QED) is 0.917. The van der Waals surface area contributed by atoms with Gasteiger partial charge >= 0.3 is 0 Å². The van der Waals surface area contributed by atoms with Crippen molar-refractivity contribution < 1.29 is 4.74 Å². The van der Waals surface area contributed by atoms with Crippen LogP contribution in [0.5, 0.6) is 5.75 Å². The smallest absolute Gasteiger partial charge is 0.121 e. The van der Waals surface area contributed by atoms with Crippen molar-refractivity contribution in [2.75, 3.05) is 14.2 Å². The molecule has 3 heteroatoms. The van der Waals surface area contributed by atoms with Gasteiger partial charge < -0.3 is 10.1 Å². The molecule has 2 aromatic carbocycles. The first-order chi connectivity index (χ1) is 9.15. The number of ether oxygens (including phenoxy) is 1. The van der Waals surface area contributed by atoms with E-state index in [1.807, 2.05) is 19.2 Å². The second-order valence-electron chi connectivity index (χ2n) is 4.51. The van der Waals surface area contributed by atoms with E-state index >= 15 is 0 Å². The van der Waals surface area contributed by atoms with Gasteiger partial charge in [-0.3, -0.25) is 0 Å². The lowest BCUT2D eigenvalue weighted by Crippen LogP contribution is -2.17. The summed E-state index contributed by atoms with van der Waals surface area (Å²) in [5.41, 5.74) is 3.62. The first-order valence-corrected chi connectivity index (χ1v) is 7.02. The molecule has 0 spiro atoms. The Morgan fingerprint density at radius 1 is 1.11 bits per heavy atom. The number of rotatable bonds is 4. The lowest BCUT2D eigenvalue weighted by atomic mass is 9.97. The Hall–Kier alpha value is -1.32. The van der Waals surface area contributed by atoms with Crippen molar-refractivity contribution >= 4 is 15.9 Å². The van der Waals surface area contributed by atoms with Gasteiger partial charge in [-0.1, -0.05) is 40.2 Å². The minimum Gasteiger partial charge on any atom is -0.496 e. The van der Waals surface area contributed by atoms with E-state index in [1.165, 1.54) is 11.1 Å². The molecule has 100 valence electrons. The predicted octanol–water partition coefficient (Wildman–Crippen LogP) is 4.07. The van der Waals surface area contributed by atoms with E-state index < -0.39 is 0 Å². The minimum atomic E-state index is 0.183. The van der Waals surface area contributed by atoms with E-state index in [-0.39, 0.29) is 6.04 Å². The molecule has 0 saturated carbocycles. The summed E-state index contributed by atoms with van der Waals surface area (Å²) in [6.45, 7) is 2.07. The van der Waals surface area contributed by atoms with Gasteiger partial charge in [0.1, 0.15) is 5.75 Å². The topological polar surface area (TPSA) is 21.3 Å². The molecule has 1 atom stereocenters. The van der Waals surface area contributed by atoms with Crippen LogP contribution in [0, 0.1) is 6.92 Å². The fourth-order valence-corrected chi connectivity index (χ4v) is 2.71. The first kappa shape index (κ1) is 14.1. The number of hydrogen-bond acceptors (Lipinski definition) is 2. The van der Waals surface area contributed by atoms with E-state index in [0.29, 0.717) is 0 Å². The molecule has 0 aliphatic carbocycles. The number of hydrogen-bond donors (Lipinski definition) is 1. The van der Waals surface area contributed by atoms with Gasteiger partial charge in [-0.2, -0.15) is 0 Å². The molecule has 0 aliphatic rings. The Morgan fingerprint density at radius 2 is 1.84 bits per heavy atom. The summed E-state index contributed by atoms with van der Waals surface area (Å²) in [4.78, 5) is 0. The van der Waals surface area contributed by atoms with Crippen molar-refractivity contribution in [1.29, 1.82) is 0 Å². The van der Waals surface area contributed by atoms with Gasteiger partial charge in [-0.25, -0.2) is 0 Å². The van der Waals surface area contributed by atoms with Gasteiger partial charge in [-0.15, -0.1) is 0 Å². The largest absolute Gasteiger partial charge is 0.496 e. The zero-order chi connectivity index (χ0) is 13.8. The second kappa shape index (κ2) is 6.22. The standard InChI is InChI=1S/C16H18BrNO/c1-11-9-13(7-8-15(11)19-3)16(18-2)12-5-4-6-14(17)10-12/h4-10,16,18H,1-3H3. The third-order valence-electron chi connectivity index (χ3n) is 3.22. The van der Waals surface area contributed by atoms with Crippen LogP contribution < -0.4 is 10.1 Å². The van der Waals surface area contributed by atoms with Crippen molar-refractivity contribution in [3.8, 4) is 5.75 Å². The number of methoxy groups -OCH3 is 1. The van der Waals surface area contributed by atoms with Crippen LogP contribution in [0.3, 0.4) is 0 Å². The SMILES string of the molecule is CNC(c1cccc(Br)c1)c1ccc(OC)c(C)c1. The highest BCUT2D eigenvalue weighted by Crippen LogP contribution is 2.27. The van der Waals surface area contributed by atoms with Crippen molar-refractivity contribution in [3.63, 3.8) is 0 Å². The third kappa shape index (κ3) is 3.17. The predicted molar refractivity (Wildman–Crippen MR) is 82.8 cm³/mol. The maximum Gasteiger partial charge on any atom is 0.121 e. The molecular formula is C16H18BrNO. The summed E-state index contributed by atoms with van der Waals surface area (Å²) < 4.78 is 6.40. The Balaban J connectivity index is 2.39. The maximum absolute atomic E-state index is 5.31. The molecule has 2 rings (SSSR count). The lowest BCUT2D eigenvalue weighted by Gasteiger charge is -2.19.